The van der Waals surface area contributed by atoms with Crippen molar-refractivity contribution in [3.8, 4) is 0 Å². The van der Waals surface area contributed by atoms with Crippen LogP contribution in [0.25, 0.3) is 0 Å². The average molecular weight is 435 g/mol. The second-order valence-electron chi connectivity index (χ2n) is 5.88. The van der Waals surface area contributed by atoms with Crippen molar-refractivity contribution in [2.24, 2.45) is 0 Å². The lowest BCUT2D eigenvalue weighted by Crippen LogP contribution is -2.29. The number of halogens is 1. The van der Waals surface area contributed by atoms with E-state index in [1.54, 1.807) is 25.1 Å². The number of aliphatic hydroxyl groups excluding tert-OH is 1. The predicted molar refractivity (Wildman–Crippen MR) is 98.0 cm³/mol. The van der Waals surface area contributed by atoms with Crippen LogP contribution in [-0.2, 0) is 19.6 Å². The molecule has 1 aliphatic heterocycles. The minimum Gasteiger partial charge on any atom is -0.466 e. The van der Waals surface area contributed by atoms with Crippen molar-refractivity contribution < 1.29 is 23.1 Å². The van der Waals surface area contributed by atoms with Gasteiger partial charge < -0.3 is 14.7 Å². The fourth-order valence-electron chi connectivity index (χ4n) is 2.65. The lowest BCUT2D eigenvalue weighted by Gasteiger charge is -2.21. The van der Waals surface area contributed by atoms with Gasteiger partial charge in [0.05, 0.1) is 29.7 Å². The van der Waals surface area contributed by atoms with Gasteiger partial charge in [-0.25, -0.2) is 12.7 Å². The maximum atomic E-state index is 12.6. The fourth-order valence-corrected chi connectivity index (χ4v) is 4.63. The van der Waals surface area contributed by atoms with Gasteiger partial charge in [-0.05, 0) is 47.5 Å². The Morgan fingerprint density at radius 2 is 2.20 bits per heavy atom. The molecule has 0 bridgehead atoms. The molecule has 2 rings (SSSR count). The van der Waals surface area contributed by atoms with Crippen molar-refractivity contribution >= 4 is 37.6 Å². The first-order valence-electron chi connectivity index (χ1n) is 8.10. The molecule has 0 radical (unpaired) electrons. The van der Waals surface area contributed by atoms with Crippen LogP contribution in [-0.4, -0.2) is 63.2 Å². The maximum Gasteiger partial charge on any atom is 0.307 e. The number of benzene rings is 1. The van der Waals surface area contributed by atoms with Crippen molar-refractivity contribution in [3.63, 3.8) is 0 Å². The Morgan fingerprint density at radius 3 is 2.76 bits per heavy atom. The molecule has 1 aliphatic rings. The van der Waals surface area contributed by atoms with E-state index in [-0.39, 0.29) is 30.6 Å². The molecule has 0 spiro atoms. The topological polar surface area (TPSA) is 87.2 Å². The van der Waals surface area contributed by atoms with E-state index in [0.29, 0.717) is 17.4 Å². The molecule has 1 N–H and O–H groups in total. The molecule has 1 fully saturated rings. The Kier molecular flexibility index (Phi) is 6.84. The Morgan fingerprint density at radius 1 is 1.48 bits per heavy atom. The Bertz CT molecular complexity index is 725. The maximum absolute atomic E-state index is 12.6. The standard InChI is InChI=1S/C16H23BrN2O5S/c1-3-24-16(21)7-8-18(2)25(22,23)13-4-5-15(14(17)10-13)19-9-6-12(20)11-19/h4-5,10,12,20H,3,6-9,11H2,1-2H3/t12-/m0/s1. The molecule has 1 aromatic carbocycles. The van der Waals surface area contributed by atoms with E-state index in [2.05, 4.69) is 15.9 Å². The smallest absolute Gasteiger partial charge is 0.307 e. The molecular formula is C16H23BrN2O5S. The van der Waals surface area contributed by atoms with Gasteiger partial charge in [0.1, 0.15) is 0 Å². The molecule has 140 valence electrons. The zero-order chi connectivity index (χ0) is 18.6. The third-order valence-electron chi connectivity index (χ3n) is 4.07. The Hall–Kier alpha value is -1.16. The van der Waals surface area contributed by atoms with Gasteiger partial charge >= 0.3 is 5.97 Å². The molecule has 0 saturated carbocycles. The van der Waals surface area contributed by atoms with Crippen LogP contribution >= 0.6 is 15.9 Å². The summed E-state index contributed by atoms with van der Waals surface area (Å²) in [6, 6.07) is 4.82. The van der Waals surface area contributed by atoms with Gasteiger partial charge in [-0.3, -0.25) is 4.79 Å². The molecule has 0 amide bonds. The first kappa shape index (κ1) is 20.2. The summed E-state index contributed by atoms with van der Waals surface area (Å²) in [5, 5.41) is 9.65. The van der Waals surface area contributed by atoms with Gasteiger partial charge in [0.15, 0.2) is 0 Å². The van der Waals surface area contributed by atoms with Gasteiger partial charge in [-0.2, -0.15) is 0 Å². The van der Waals surface area contributed by atoms with Crippen LogP contribution in [0, 0.1) is 0 Å². The van der Waals surface area contributed by atoms with Crippen LogP contribution in [0.1, 0.15) is 19.8 Å². The number of ether oxygens (including phenoxy) is 1. The summed E-state index contributed by atoms with van der Waals surface area (Å²) in [7, 11) is -2.26. The number of β-amino-alcohol motifs (C(OH)–C–C–N with tert-alkyl or cyclic N) is 1. The number of hydrogen-bond acceptors (Lipinski definition) is 6. The highest BCUT2D eigenvalue weighted by Crippen LogP contribution is 2.32. The van der Waals surface area contributed by atoms with Crippen LogP contribution in [0.4, 0.5) is 5.69 Å². The van der Waals surface area contributed by atoms with Crippen LogP contribution < -0.4 is 4.90 Å². The molecule has 0 aromatic heterocycles. The molecule has 7 nitrogen and oxygen atoms in total. The number of aliphatic hydroxyl groups is 1. The third-order valence-corrected chi connectivity index (χ3v) is 6.56. The number of rotatable bonds is 7. The largest absolute Gasteiger partial charge is 0.466 e. The van der Waals surface area contributed by atoms with Crippen molar-refractivity contribution in [3.05, 3.63) is 22.7 Å². The highest BCUT2D eigenvalue weighted by atomic mass is 79.9. The first-order chi connectivity index (χ1) is 11.8. The molecule has 0 unspecified atom stereocenters. The highest BCUT2D eigenvalue weighted by molar-refractivity contribution is 9.10. The van der Waals surface area contributed by atoms with Crippen molar-refractivity contribution in [2.75, 3.05) is 38.2 Å². The van der Waals surface area contributed by atoms with E-state index >= 15 is 0 Å². The molecule has 1 saturated heterocycles. The van der Waals surface area contributed by atoms with Crippen LogP contribution in [0.3, 0.4) is 0 Å². The number of esters is 1. The number of carbonyl (C=O) groups is 1. The van der Waals surface area contributed by atoms with E-state index in [1.165, 1.54) is 7.05 Å². The van der Waals surface area contributed by atoms with Gasteiger partial charge in [0.25, 0.3) is 0 Å². The van der Waals surface area contributed by atoms with Crippen LogP contribution in [0.15, 0.2) is 27.6 Å². The molecule has 1 atom stereocenters. The summed E-state index contributed by atoms with van der Waals surface area (Å²) in [6.07, 6.45) is 0.349. The molecule has 1 aromatic rings. The summed E-state index contributed by atoms with van der Waals surface area (Å²) < 4.78 is 31.9. The van der Waals surface area contributed by atoms with E-state index in [9.17, 15) is 18.3 Å². The number of sulfonamides is 1. The minimum atomic E-state index is -3.70. The van der Waals surface area contributed by atoms with Crippen molar-refractivity contribution in [1.82, 2.24) is 4.31 Å². The van der Waals surface area contributed by atoms with E-state index in [0.717, 1.165) is 16.5 Å². The third kappa shape index (κ3) is 4.93. The lowest BCUT2D eigenvalue weighted by atomic mass is 10.3. The molecular weight excluding hydrogens is 412 g/mol. The normalized spacial score (nSPS) is 18.0. The number of hydrogen-bond donors (Lipinski definition) is 1. The average Bonchev–Trinajstić information content (AvgIpc) is 2.98. The van der Waals surface area contributed by atoms with Crippen molar-refractivity contribution in [1.29, 1.82) is 0 Å². The fraction of sp³-hybridized carbons (Fsp3) is 0.562. The Labute approximate surface area is 156 Å². The van der Waals surface area contributed by atoms with Gasteiger partial charge in [0.2, 0.25) is 10.0 Å². The summed E-state index contributed by atoms with van der Waals surface area (Å²) in [5.74, 6) is -0.423. The SMILES string of the molecule is CCOC(=O)CCN(C)S(=O)(=O)c1ccc(N2CC[C@H](O)C2)c(Br)c1. The van der Waals surface area contributed by atoms with Gasteiger partial charge in [0, 0.05) is 31.2 Å². The predicted octanol–water partition coefficient (Wildman–Crippen LogP) is 1.59. The summed E-state index contributed by atoms with van der Waals surface area (Å²) in [6.45, 7) is 3.29. The van der Waals surface area contributed by atoms with Crippen LogP contribution in [0.5, 0.6) is 0 Å². The monoisotopic (exact) mass is 434 g/mol. The van der Waals surface area contributed by atoms with E-state index in [1.807, 2.05) is 4.90 Å². The zero-order valence-corrected chi connectivity index (χ0v) is 16.7. The van der Waals surface area contributed by atoms with Crippen molar-refractivity contribution in [2.45, 2.75) is 30.8 Å². The second kappa shape index (κ2) is 8.48. The lowest BCUT2D eigenvalue weighted by molar-refractivity contribution is -0.143. The quantitative estimate of drug-likeness (QED) is 0.655. The zero-order valence-electron chi connectivity index (χ0n) is 14.3. The summed E-state index contributed by atoms with van der Waals surface area (Å²) >= 11 is 3.42. The van der Waals surface area contributed by atoms with Gasteiger partial charge in [-0.15, -0.1) is 0 Å². The Balaban J connectivity index is 2.11. The molecule has 25 heavy (non-hydrogen) atoms. The number of nitrogens with zero attached hydrogens (tertiary/aromatic N) is 2. The molecule has 1 heterocycles. The van der Waals surface area contributed by atoms with E-state index in [4.69, 9.17) is 4.74 Å². The van der Waals surface area contributed by atoms with Crippen LogP contribution in [0.2, 0.25) is 0 Å². The van der Waals surface area contributed by atoms with Gasteiger partial charge in [-0.1, -0.05) is 0 Å². The van der Waals surface area contributed by atoms with E-state index < -0.39 is 16.0 Å². The minimum absolute atomic E-state index is 0.00842. The first-order valence-corrected chi connectivity index (χ1v) is 10.3. The number of anilines is 1. The summed E-state index contributed by atoms with van der Waals surface area (Å²) in [5.41, 5.74) is 0.852. The molecule has 0 aliphatic carbocycles. The highest BCUT2D eigenvalue weighted by Gasteiger charge is 2.25. The second-order valence-corrected chi connectivity index (χ2v) is 8.78. The summed E-state index contributed by atoms with van der Waals surface area (Å²) in [4.78, 5) is 13.6. The molecule has 9 heteroatoms. The number of carbonyl (C=O) groups excluding carboxylic acids is 1.